The van der Waals surface area contributed by atoms with Crippen LogP contribution in [0.15, 0.2) is 29.2 Å². The molecule has 66 valence electrons. The highest BCUT2D eigenvalue weighted by molar-refractivity contribution is 5.82. The van der Waals surface area contributed by atoms with Gasteiger partial charge >= 0.3 is 0 Å². The molecular formula is C10H8FNO. The van der Waals surface area contributed by atoms with E-state index in [0.717, 1.165) is 5.56 Å². The standard InChI is InChI=1S/C10H8FNO/c1-6-4-8-7(9(11)5-6)2-3-12-10(8)13/h2-5H,1H3,(H,12,13). The first-order valence-electron chi connectivity index (χ1n) is 3.96. The number of fused-ring (bicyclic) bond motifs is 1. The van der Waals surface area contributed by atoms with Crippen LogP contribution in [0.2, 0.25) is 0 Å². The fourth-order valence-electron chi connectivity index (χ4n) is 1.39. The average molecular weight is 177 g/mol. The van der Waals surface area contributed by atoms with Crippen LogP contribution in [0.5, 0.6) is 0 Å². The molecule has 2 aromatic rings. The Bertz CT molecular complexity index is 516. The number of H-pyrrole nitrogens is 1. The minimum absolute atomic E-state index is 0.250. The molecule has 2 rings (SSSR count). The molecule has 0 radical (unpaired) electrons. The molecule has 2 nitrogen and oxygen atoms in total. The second-order valence-corrected chi connectivity index (χ2v) is 3.01. The number of hydrogen-bond donors (Lipinski definition) is 1. The largest absolute Gasteiger partial charge is 0.329 e. The van der Waals surface area contributed by atoms with Gasteiger partial charge in [-0.15, -0.1) is 0 Å². The highest BCUT2D eigenvalue weighted by Crippen LogP contribution is 2.15. The van der Waals surface area contributed by atoms with E-state index in [0.29, 0.717) is 10.8 Å². The predicted molar refractivity (Wildman–Crippen MR) is 49.3 cm³/mol. The van der Waals surface area contributed by atoms with Gasteiger partial charge in [-0.25, -0.2) is 4.39 Å². The van der Waals surface area contributed by atoms with E-state index in [9.17, 15) is 9.18 Å². The topological polar surface area (TPSA) is 32.9 Å². The monoisotopic (exact) mass is 177 g/mol. The van der Waals surface area contributed by atoms with Gasteiger partial charge in [-0.2, -0.15) is 0 Å². The molecule has 0 fully saturated rings. The molecule has 1 N–H and O–H groups in total. The van der Waals surface area contributed by atoms with Crippen molar-refractivity contribution in [3.05, 3.63) is 46.1 Å². The fourth-order valence-corrected chi connectivity index (χ4v) is 1.39. The Balaban J connectivity index is 3.03. The van der Waals surface area contributed by atoms with Crippen molar-refractivity contribution in [3.8, 4) is 0 Å². The zero-order valence-corrected chi connectivity index (χ0v) is 7.10. The number of halogens is 1. The number of aromatic nitrogens is 1. The van der Waals surface area contributed by atoms with Crippen molar-refractivity contribution >= 4 is 10.8 Å². The molecule has 13 heavy (non-hydrogen) atoms. The molecular weight excluding hydrogens is 169 g/mol. The van der Waals surface area contributed by atoms with Gasteiger partial charge in [0.2, 0.25) is 0 Å². The van der Waals surface area contributed by atoms with E-state index >= 15 is 0 Å². The van der Waals surface area contributed by atoms with Crippen molar-refractivity contribution in [2.45, 2.75) is 6.92 Å². The molecule has 0 saturated heterocycles. The summed E-state index contributed by atoms with van der Waals surface area (Å²) in [7, 11) is 0. The first-order chi connectivity index (χ1) is 6.18. The van der Waals surface area contributed by atoms with Gasteiger partial charge in [0.15, 0.2) is 0 Å². The maximum atomic E-state index is 13.3. The summed E-state index contributed by atoms with van der Waals surface area (Å²) in [5, 5.41) is 0.773. The first kappa shape index (κ1) is 7.98. The van der Waals surface area contributed by atoms with E-state index in [-0.39, 0.29) is 11.4 Å². The number of pyridine rings is 1. The maximum absolute atomic E-state index is 13.3. The Hall–Kier alpha value is -1.64. The van der Waals surface area contributed by atoms with E-state index in [1.165, 1.54) is 12.3 Å². The first-order valence-corrected chi connectivity index (χ1v) is 3.96. The number of hydrogen-bond acceptors (Lipinski definition) is 1. The van der Waals surface area contributed by atoms with Crippen LogP contribution in [-0.4, -0.2) is 4.98 Å². The van der Waals surface area contributed by atoms with E-state index in [1.54, 1.807) is 19.1 Å². The number of rotatable bonds is 0. The van der Waals surface area contributed by atoms with Crippen molar-refractivity contribution in [2.24, 2.45) is 0 Å². The molecule has 0 saturated carbocycles. The van der Waals surface area contributed by atoms with Crippen molar-refractivity contribution in [1.82, 2.24) is 4.98 Å². The summed E-state index contributed by atoms with van der Waals surface area (Å²) in [5.41, 5.74) is 0.502. The fraction of sp³-hybridized carbons (Fsp3) is 0.100. The van der Waals surface area contributed by atoms with Crippen LogP contribution in [-0.2, 0) is 0 Å². The van der Waals surface area contributed by atoms with E-state index in [1.807, 2.05) is 0 Å². The minimum Gasteiger partial charge on any atom is -0.329 e. The van der Waals surface area contributed by atoms with Crippen molar-refractivity contribution in [3.63, 3.8) is 0 Å². The molecule has 1 aromatic carbocycles. The number of nitrogens with one attached hydrogen (secondary N) is 1. The summed E-state index contributed by atoms with van der Waals surface area (Å²) in [6.45, 7) is 1.76. The van der Waals surface area contributed by atoms with E-state index in [2.05, 4.69) is 4.98 Å². The third kappa shape index (κ3) is 1.22. The third-order valence-corrected chi connectivity index (χ3v) is 1.98. The van der Waals surface area contributed by atoms with Gasteiger partial charge in [-0.05, 0) is 30.7 Å². The van der Waals surface area contributed by atoms with Gasteiger partial charge in [0.05, 0.1) is 5.39 Å². The van der Waals surface area contributed by atoms with Crippen LogP contribution >= 0.6 is 0 Å². The second-order valence-electron chi connectivity index (χ2n) is 3.01. The Kier molecular flexibility index (Phi) is 1.65. The summed E-state index contributed by atoms with van der Waals surface area (Å²) in [5.74, 6) is -0.346. The van der Waals surface area contributed by atoms with Crippen LogP contribution < -0.4 is 5.56 Å². The minimum atomic E-state index is -0.346. The van der Waals surface area contributed by atoms with Gasteiger partial charge in [-0.3, -0.25) is 4.79 Å². The molecule has 3 heteroatoms. The highest BCUT2D eigenvalue weighted by Gasteiger charge is 2.03. The zero-order valence-electron chi connectivity index (χ0n) is 7.10. The Morgan fingerprint density at radius 1 is 1.31 bits per heavy atom. The van der Waals surface area contributed by atoms with Crippen LogP contribution in [0.25, 0.3) is 10.8 Å². The van der Waals surface area contributed by atoms with Gasteiger partial charge in [0, 0.05) is 11.6 Å². The summed E-state index contributed by atoms with van der Waals surface area (Å²) >= 11 is 0. The molecule has 0 atom stereocenters. The molecule has 0 aliphatic heterocycles. The van der Waals surface area contributed by atoms with Crippen LogP contribution in [0, 0.1) is 12.7 Å². The van der Waals surface area contributed by atoms with Crippen LogP contribution in [0.1, 0.15) is 5.56 Å². The lowest BCUT2D eigenvalue weighted by atomic mass is 10.1. The Labute approximate surface area is 74.0 Å². The average Bonchev–Trinajstić information content (AvgIpc) is 2.07. The summed E-state index contributed by atoms with van der Waals surface area (Å²) in [6, 6.07) is 4.66. The van der Waals surface area contributed by atoms with Crippen LogP contribution in [0.4, 0.5) is 4.39 Å². The van der Waals surface area contributed by atoms with Crippen molar-refractivity contribution in [2.75, 3.05) is 0 Å². The molecule has 0 amide bonds. The SMILES string of the molecule is Cc1cc(F)c2cc[nH]c(=O)c2c1. The van der Waals surface area contributed by atoms with Gasteiger partial charge in [0.1, 0.15) is 5.82 Å². The molecule has 1 aromatic heterocycles. The third-order valence-electron chi connectivity index (χ3n) is 1.98. The normalized spacial score (nSPS) is 10.6. The van der Waals surface area contributed by atoms with Gasteiger partial charge in [-0.1, -0.05) is 0 Å². The predicted octanol–water partition coefficient (Wildman–Crippen LogP) is 1.98. The van der Waals surface area contributed by atoms with Crippen molar-refractivity contribution < 1.29 is 4.39 Å². The Morgan fingerprint density at radius 2 is 2.08 bits per heavy atom. The van der Waals surface area contributed by atoms with E-state index < -0.39 is 0 Å². The maximum Gasteiger partial charge on any atom is 0.255 e. The van der Waals surface area contributed by atoms with Gasteiger partial charge in [0.25, 0.3) is 5.56 Å². The Morgan fingerprint density at radius 3 is 2.85 bits per heavy atom. The molecule has 1 heterocycles. The smallest absolute Gasteiger partial charge is 0.255 e. The lowest BCUT2D eigenvalue weighted by Crippen LogP contribution is -2.05. The summed E-state index contributed by atoms with van der Waals surface area (Å²) in [6.07, 6.45) is 1.45. The van der Waals surface area contributed by atoms with Crippen molar-refractivity contribution in [1.29, 1.82) is 0 Å². The van der Waals surface area contributed by atoms with E-state index in [4.69, 9.17) is 0 Å². The number of benzene rings is 1. The van der Waals surface area contributed by atoms with Gasteiger partial charge < -0.3 is 4.98 Å². The summed E-state index contributed by atoms with van der Waals surface area (Å²) < 4.78 is 13.3. The zero-order chi connectivity index (χ0) is 9.42. The highest BCUT2D eigenvalue weighted by atomic mass is 19.1. The molecule has 0 aliphatic carbocycles. The summed E-state index contributed by atoms with van der Waals surface area (Å²) in [4.78, 5) is 13.8. The quantitative estimate of drug-likeness (QED) is 0.655. The van der Waals surface area contributed by atoms with Crippen LogP contribution in [0.3, 0.4) is 0 Å². The lowest BCUT2D eigenvalue weighted by Gasteiger charge is -1.99. The molecule has 0 unspecified atom stereocenters. The molecule has 0 aliphatic rings. The lowest BCUT2D eigenvalue weighted by molar-refractivity contribution is 0.638. The number of aromatic amines is 1. The number of aryl methyl sites for hydroxylation is 1. The molecule has 0 spiro atoms. The second kappa shape index (κ2) is 2.69. The molecule has 0 bridgehead atoms.